The Morgan fingerprint density at radius 3 is 2.60 bits per heavy atom. The summed E-state index contributed by atoms with van der Waals surface area (Å²) in [6.45, 7) is 1.61. The Kier molecular flexibility index (Phi) is 5.07. The predicted octanol–water partition coefficient (Wildman–Crippen LogP) is 1.88. The van der Waals surface area contributed by atoms with Crippen LogP contribution in [-0.2, 0) is 11.3 Å². The van der Waals surface area contributed by atoms with Crippen molar-refractivity contribution in [3.05, 3.63) is 58.5 Å². The van der Waals surface area contributed by atoms with Gasteiger partial charge in [0.25, 0.3) is 0 Å². The van der Waals surface area contributed by atoms with Crippen LogP contribution in [0, 0.1) is 0 Å². The molecular weight excluding hydrogens is 320 g/mol. The molecule has 1 aromatic heterocycles. The minimum atomic E-state index is -0.0601. The van der Waals surface area contributed by atoms with Gasteiger partial charge in [0.1, 0.15) is 6.54 Å². The van der Waals surface area contributed by atoms with E-state index in [1.165, 1.54) is 12.1 Å². The van der Waals surface area contributed by atoms with Crippen LogP contribution in [0.4, 0.5) is 0 Å². The second kappa shape index (κ2) is 7.42. The van der Waals surface area contributed by atoms with Crippen molar-refractivity contribution < 1.29 is 14.3 Å². The Balaban J connectivity index is 1.70. The van der Waals surface area contributed by atoms with Crippen molar-refractivity contribution in [2.75, 3.05) is 27.3 Å². The number of methoxy groups -OCH3 is 2. The molecule has 3 rings (SSSR count). The number of rotatable bonds is 5. The van der Waals surface area contributed by atoms with Crippen LogP contribution in [0.3, 0.4) is 0 Å². The molecule has 0 radical (unpaired) electrons. The summed E-state index contributed by atoms with van der Waals surface area (Å²) in [5.41, 5.74) is 1.01. The quantitative estimate of drug-likeness (QED) is 0.832. The maximum Gasteiger partial charge on any atom is 0.242 e. The van der Waals surface area contributed by atoms with E-state index in [4.69, 9.17) is 9.47 Å². The molecule has 1 saturated heterocycles. The molecule has 1 fully saturated rings. The summed E-state index contributed by atoms with van der Waals surface area (Å²) in [5.74, 6) is 1.72. The summed E-state index contributed by atoms with van der Waals surface area (Å²) in [5, 5.41) is 0. The van der Waals surface area contributed by atoms with E-state index in [0.29, 0.717) is 18.8 Å². The standard InChI is InChI=1S/C19H22N2O4/c1-24-17-5-3-4-16(19(17)25-2)14-6-11-21(12-14)18(23)13-20-9-7-15(22)8-10-20/h3-5,7-10,14H,6,11-13H2,1-2H3/t14-/m0/s1. The number of amides is 1. The van der Waals surface area contributed by atoms with E-state index in [0.717, 1.165) is 17.7 Å². The van der Waals surface area contributed by atoms with Crippen molar-refractivity contribution in [2.24, 2.45) is 0 Å². The highest BCUT2D eigenvalue weighted by Gasteiger charge is 2.29. The Morgan fingerprint density at radius 2 is 1.92 bits per heavy atom. The van der Waals surface area contributed by atoms with Crippen LogP contribution < -0.4 is 14.9 Å². The van der Waals surface area contributed by atoms with Gasteiger partial charge in [0.2, 0.25) is 5.91 Å². The van der Waals surface area contributed by atoms with Gasteiger partial charge in [0.15, 0.2) is 16.9 Å². The highest BCUT2D eigenvalue weighted by molar-refractivity contribution is 5.76. The lowest BCUT2D eigenvalue weighted by molar-refractivity contribution is -0.130. The van der Waals surface area contributed by atoms with E-state index in [9.17, 15) is 9.59 Å². The molecule has 2 aromatic rings. The van der Waals surface area contributed by atoms with Crippen molar-refractivity contribution in [2.45, 2.75) is 18.9 Å². The summed E-state index contributed by atoms with van der Waals surface area (Å²) < 4.78 is 12.6. The monoisotopic (exact) mass is 342 g/mol. The molecular formula is C19H22N2O4. The maximum absolute atomic E-state index is 12.5. The number of pyridine rings is 1. The van der Waals surface area contributed by atoms with Gasteiger partial charge in [-0.25, -0.2) is 0 Å². The van der Waals surface area contributed by atoms with Gasteiger partial charge in [0, 0.05) is 49.1 Å². The average molecular weight is 342 g/mol. The summed E-state index contributed by atoms with van der Waals surface area (Å²) in [6, 6.07) is 8.77. The molecule has 0 bridgehead atoms. The topological polar surface area (TPSA) is 60.8 Å². The molecule has 0 saturated carbocycles. The third-order valence-electron chi connectivity index (χ3n) is 4.59. The molecule has 6 heteroatoms. The van der Waals surface area contributed by atoms with Crippen LogP contribution in [0.1, 0.15) is 17.9 Å². The van der Waals surface area contributed by atoms with Crippen LogP contribution in [0.15, 0.2) is 47.5 Å². The number of hydrogen-bond acceptors (Lipinski definition) is 4. The van der Waals surface area contributed by atoms with E-state index in [-0.39, 0.29) is 23.8 Å². The largest absolute Gasteiger partial charge is 0.493 e. The first-order valence-corrected chi connectivity index (χ1v) is 8.27. The number of benzene rings is 1. The fraction of sp³-hybridized carbons (Fsp3) is 0.368. The number of ether oxygens (including phenoxy) is 2. The lowest BCUT2D eigenvalue weighted by Gasteiger charge is -2.19. The molecule has 1 aliphatic heterocycles. The van der Waals surface area contributed by atoms with Gasteiger partial charge in [-0.3, -0.25) is 9.59 Å². The number of aromatic nitrogens is 1. The van der Waals surface area contributed by atoms with E-state index >= 15 is 0 Å². The first-order valence-electron chi connectivity index (χ1n) is 8.27. The van der Waals surface area contributed by atoms with Crippen molar-refractivity contribution in [1.29, 1.82) is 0 Å². The van der Waals surface area contributed by atoms with E-state index in [1.54, 1.807) is 31.2 Å². The van der Waals surface area contributed by atoms with Crippen molar-refractivity contribution in [1.82, 2.24) is 9.47 Å². The van der Waals surface area contributed by atoms with Crippen LogP contribution in [0.25, 0.3) is 0 Å². The SMILES string of the molecule is COc1cccc([C@H]2CCN(C(=O)Cn3ccc(=O)cc3)C2)c1OC. The number of para-hydroxylation sites is 1. The molecule has 25 heavy (non-hydrogen) atoms. The molecule has 1 aliphatic rings. The zero-order chi connectivity index (χ0) is 17.8. The van der Waals surface area contributed by atoms with Crippen molar-refractivity contribution in [3.63, 3.8) is 0 Å². The maximum atomic E-state index is 12.5. The lowest BCUT2D eigenvalue weighted by atomic mass is 9.97. The lowest BCUT2D eigenvalue weighted by Crippen LogP contribution is -2.31. The highest BCUT2D eigenvalue weighted by atomic mass is 16.5. The Bertz CT molecular complexity index is 795. The van der Waals surface area contributed by atoms with Crippen LogP contribution in [-0.4, -0.2) is 42.7 Å². The molecule has 2 heterocycles. The molecule has 1 atom stereocenters. The van der Waals surface area contributed by atoms with Gasteiger partial charge in [0.05, 0.1) is 14.2 Å². The van der Waals surface area contributed by atoms with Gasteiger partial charge in [-0.05, 0) is 12.5 Å². The number of likely N-dealkylation sites (tertiary alicyclic amines) is 1. The van der Waals surface area contributed by atoms with Crippen LogP contribution in [0.5, 0.6) is 11.5 Å². The third-order valence-corrected chi connectivity index (χ3v) is 4.59. The Hall–Kier alpha value is -2.76. The highest BCUT2D eigenvalue weighted by Crippen LogP contribution is 2.39. The van der Waals surface area contributed by atoms with Gasteiger partial charge in [-0.2, -0.15) is 0 Å². The van der Waals surface area contributed by atoms with Crippen LogP contribution >= 0.6 is 0 Å². The minimum Gasteiger partial charge on any atom is -0.493 e. The molecule has 0 aliphatic carbocycles. The predicted molar refractivity (Wildman–Crippen MR) is 94.2 cm³/mol. The van der Waals surface area contributed by atoms with E-state index in [1.807, 2.05) is 23.1 Å². The molecule has 6 nitrogen and oxygen atoms in total. The molecule has 1 aromatic carbocycles. The number of carbonyl (C=O) groups excluding carboxylic acids is 1. The first kappa shape index (κ1) is 17.1. The minimum absolute atomic E-state index is 0.0491. The smallest absolute Gasteiger partial charge is 0.242 e. The summed E-state index contributed by atoms with van der Waals surface area (Å²) in [7, 11) is 3.26. The van der Waals surface area contributed by atoms with Crippen LogP contribution in [0.2, 0.25) is 0 Å². The number of carbonyl (C=O) groups is 1. The number of nitrogens with zero attached hydrogens (tertiary/aromatic N) is 2. The van der Waals surface area contributed by atoms with Crippen molar-refractivity contribution >= 4 is 5.91 Å². The fourth-order valence-electron chi connectivity index (χ4n) is 3.28. The van der Waals surface area contributed by atoms with Gasteiger partial charge < -0.3 is 18.9 Å². The summed E-state index contributed by atoms with van der Waals surface area (Å²) in [4.78, 5) is 25.5. The van der Waals surface area contributed by atoms with E-state index < -0.39 is 0 Å². The number of hydrogen-bond donors (Lipinski definition) is 0. The fourth-order valence-corrected chi connectivity index (χ4v) is 3.28. The van der Waals surface area contributed by atoms with Gasteiger partial charge in [-0.1, -0.05) is 12.1 Å². The molecule has 132 valence electrons. The zero-order valence-corrected chi connectivity index (χ0v) is 14.5. The average Bonchev–Trinajstić information content (AvgIpc) is 3.13. The van der Waals surface area contributed by atoms with Gasteiger partial charge >= 0.3 is 0 Å². The summed E-state index contributed by atoms with van der Waals surface area (Å²) in [6.07, 6.45) is 4.16. The Morgan fingerprint density at radius 1 is 1.16 bits per heavy atom. The zero-order valence-electron chi connectivity index (χ0n) is 14.5. The molecule has 0 N–H and O–H groups in total. The third kappa shape index (κ3) is 3.68. The molecule has 0 unspecified atom stereocenters. The molecule has 1 amide bonds. The Labute approximate surface area is 146 Å². The van der Waals surface area contributed by atoms with E-state index in [2.05, 4.69) is 0 Å². The summed E-state index contributed by atoms with van der Waals surface area (Å²) >= 11 is 0. The second-order valence-corrected chi connectivity index (χ2v) is 6.11. The normalized spacial score (nSPS) is 16.7. The molecule has 0 spiro atoms. The second-order valence-electron chi connectivity index (χ2n) is 6.11. The van der Waals surface area contributed by atoms with Crippen molar-refractivity contribution in [3.8, 4) is 11.5 Å². The first-order chi connectivity index (χ1) is 12.1. The van der Waals surface area contributed by atoms with Gasteiger partial charge in [-0.15, -0.1) is 0 Å².